The van der Waals surface area contributed by atoms with Crippen LogP contribution in [0, 0.1) is 5.92 Å². The van der Waals surface area contributed by atoms with Crippen molar-refractivity contribution in [2.45, 2.75) is 26.2 Å². The highest BCUT2D eigenvalue weighted by Gasteiger charge is 2.36. The molecular formula is C11H14N2O2. The topological polar surface area (TPSA) is 52.1 Å². The van der Waals surface area contributed by atoms with Crippen LogP contribution in [-0.4, -0.2) is 22.5 Å². The van der Waals surface area contributed by atoms with Crippen LogP contribution < -0.4 is 0 Å². The quantitative estimate of drug-likeness (QED) is 0.707. The SMILES string of the molecule is CCOC(=O)c1ccnc(C2CC2C)n1. The molecule has 15 heavy (non-hydrogen) atoms. The van der Waals surface area contributed by atoms with E-state index in [0.29, 0.717) is 24.1 Å². The van der Waals surface area contributed by atoms with Gasteiger partial charge in [-0.25, -0.2) is 14.8 Å². The number of carbonyl (C=O) groups is 1. The fraction of sp³-hybridized carbons (Fsp3) is 0.545. The summed E-state index contributed by atoms with van der Waals surface area (Å²) < 4.78 is 4.88. The van der Waals surface area contributed by atoms with E-state index in [0.717, 1.165) is 12.2 Å². The van der Waals surface area contributed by atoms with Crippen molar-refractivity contribution in [1.29, 1.82) is 0 Å². The van der Waals surface area contributed by atoms with Gasteiger partial charge in [-0.05, 0) is 25.3 Å². The average molecular weight is 206 g/mol. The maximum Gasteiger partial charge on any atom is 0.357 e. The molecule has 0 radical (unpaired) electrons. The number of hydrogen-bond donors (Lipinski definition) is 0. The fourth-order valence-corrected chi connectivity index (χ4v) is 1.55. The molecular weight excluding hydrogens is 192 g/mol. The summed E-state index contributed by atoms with van der Waals surface area (Å²) in [5.74, 6) is 1.48. The molecule has 0 aromatic carbocycles. The van der Waals surface area contributed by atoms with Gasteiger partial charge in [-0.15, -0.1) is 0 Å². The van der Waals surface area contributed by atoms with Crippen molar-refractivity contribution in [1.82, 2.24) is 9.97 Å². The van der Waals surface area contributed by atoms with Gasteiger partial charge in [-0.2, -0.15) is 0 Å². The molecule has 0 N–H and O–H groups in total. The number of nitrogens with zero attached hydrogens (tertiary/aromatic N) is 2. The highest BCUT2D eigenvalue weighted by atomic mass is 16.5. The summed E-state index contributed by atoms with van der Waals surface area (Å²) >= 11 is 0. The van der Waals surface area contributed by atoms with Gasteiger partial charge < -0.3 is 4.74 Å². The summed E-state index contributed by atoms with van der Waals surface area (Å²) in [6.45, 7) is 4.31. The van der Waals surface area contributed by atoms with Crippen LogP contribution in [0.1, 0.15) is 42.5 Å². The summed E-state index contributed by atoms with van der Waals surface area (Å²) in [7, 11) is 0. The second kappa shape index (κ2) is 3.96. The molecule has 1 saturated carbocycles. The number of hydrogen-bond acceptors (Lipinski definition) is 4. The molecule has 0 spiro atoms. The summed E-state index contributed by atoms with van der Waals surface area (Å²) in [5.41, 5.74) is 0.362. The molecule has 0 aliphatic heterocycles. The first kappa shape index (κ1) is 10.1. The van der Waals surface area contributed by atoms with E-state index in [1.165, 1.54) is 0 Å². The Morgan fingerprint density at radius 1 is 1.67 bits per heavy atom. The zero-order chi connectivity index (χ0) is 10.8. The Hall–Kier alpha value is -1.45. The monoisotopic (exact) mass is 206 g/mol. The van der Waals surface area contributed by atoms with Crippen molar-refractivity contribution in [3.63, 3.8) is 0 Å². The van der Waals surface area contributed by atoms with Crippen LogP contribution in [0.2, 0.25) is 0 Å². The third-order valence-corrected chi connectivity index (χ3v) is 2.60. The van der Waals surface area contributed by atoms with E-state index in [-0.39, 0.29) is 5.97 Å². The lowest BCUT2D eigenvalue weighted by Crippen LogP contribution is -2.09. The second-order valence-electron chi connectivity index (χ2n) is 3.84. The van der Waals surface area contributed by atoms with Crippen molar-refractivity contribution >= 4 is 5.97 Å². The molecule has 80 valence electrons. The minimum absolute atomic E-state index is 0.362. The van der Waals surface area contributed by atoms with Crippen LogP contribution in [-0.2, 0) is 4.74 Å². The highest BCUT2D eigenvalue weighted by Crippen LogP contribution is 2.45. The van der Waals surface area contributed by atoms with Gasteiger partial charge in [-0.1, -0.05) is 6.92 Å². The number of carbonyl (C=O) groups excluding carboxylic acids is 1. The predicted molar refractivity (Wildman–Crippen MR) is 54.5 cm³/mol. The number of ether oxygens (including phenoxy) is 1. The van der Waals surface area contributed by atoms with Gasteiger partial charge in [0.1, 0.15) is 5.82 Å². The first-order valence-corrected chi connectivity index (χ1v) is 5.22. The Morgan fingerprint density at radius 3 is 3.00 bits per heavy atom. The van der Waals surface area contributed by atoms with E-state index < -0.39 is 0 Å². The number of esters is 1. The van der Waals surface area contributed by atoms with E-state index in [1.54, 1.807) is 19.2 Å². The van der Waals surface area contributed by atoms with Crippen molar-refractivity contribution in [2.75, 3.05) is 6.61 Å². The summed E-state index contributed by atoms with van der Waals surface area (Å²) in [5, 5.41) is 0. The highest BCUT2D eigenvalue weighted by molar-refractivity contribution is 5.87. The van der Waals surface area contributed by atoms with Crippen LogP contribution in [0.3, 0.4) is 0 Å². The summed E-state index contributed by atoms with van der Waals surface area (Å²) in [4.78, 5) is 19.8. The standard InChI is InChI=1S/C11H14N2O2/c1-3-15-11(14)9-4-5-12-10(13-9)8-6-7(8)2/h4-5,7-8H,3,6H2,1-2H3. The molecule has 1 aliphatic rings. The van der Waals surface area contributed by atoms with Gasteiger partial charge >= 0.3 is 5.97 Å². The van der Waals surface area contributed by atoms with Gasteiger partial charge in [-0.3, -0.25) is 0 Å². The average Bonchev–Trinajstić information content (AvgIpc) is 2.96. The normalized spacial score (nSPS) is 23.6. The zero-order valence-corrected chi connectivity index (χ0v) is 8.93. The molecule has 1 aliphatic carbocycles. The van der Waals surface area contributed by atoms with Crippen LogP contribution in [0.4, 0.5) is 0 Å². The lowest BCUT2D eigenvalue weighted by molar-refractivity contribution is 0.0519. The first-order chi connectivity index (χ1) is 7.22. The molecule has 1 fully saturated rings. The number of aromatic nitrogens is 2. The number of rotatable bonds is 3. The molecule has 0 bridgehead atoms. The molecule has 2 unspecified atom stereocenters. The van der Waals surface area contributed by atoms with Gasteiger partial charge in [0.05, 0.1) is 6.61 Å². The van der Waals surface area contributed by atoms with Crippen LogP contribution >= 0.6 is 0 Å². The lowest BCUT2D eigenvalue weighted by Gasteiger charge is -2.02. The van der Waals surface area contributed by atoms with E-state index in [1.807, 2.05) is 0 Å². The van der Waals surface area contributed by atoms with Crippen molar-refractivity contribution < 1.29 is 9.53 Å². The van der Waals surface area contributed by atoms with Crippen LogP contribution in [0.25, 0.3) is 0 Å². The third-order valence-electron chi connectivity index (χ3n) is 2.60. The predicted octanol–water partition coefficient (Wildman–Crippen LogP) is 1.78. The minimum Gasteiger partial charge on any atom is -0.461 e. The smallest absolute Gasteiger partial charge is 0.357 e. The van der Waals surface area contributed by atoms with E-state index in [9.17, 15) is 4.79 Å². The second-order valence-corrected chi connectivity index (χ2v) is 3.84. The van der Waals surface area contributed by atoms with Gasteiger partial charge in [0.2, 0.25) is 0 Å². The first-order valence-electron chi connectivity index (χ1n) is 5.22. The Labute approximate surface area is 88.7 Å². The Bertz CT molecular complexity index is 379. The van der Waals surface area contributed by atoms with Gasteiger partial charge in [0.25, 0.3) is 0 Å². The molecule has 1 aromatic rings. The van der Waals surface area contributed by atoms with Gasteiger partial charge in [0.15, 0.2) is 5.69 Å². The summed E-state index contributed by atoms with van der Waals surface area (Å²) in [6, 6.07) is 1.59. The lowest BCUT2D eigenvalue weighted by atomic mass is 10.3. The Kier molecular flexibility index (Phi) is 2.66. The molecule has 4 nitrogen and oxygen atoms in total. The largest absolute Gasteiger partial charge is 0.461 e. The summed E-state index contributed by atoms with van der Waals surface area (Å²) in [6.07, 6.45) is 2.74. The van der Waals surface area contributed by atoms with E-state index >= 15 is 0 Å². The maximum absolute atomic E-state index is 11.4. The van der Waals surface area contributed by atoms with Crippen molar-refractivity contribution in [3.05, 3.63) is 23.8 Å². The van der Waals surface area contributed by atoms with Crippen LogP contribution in [0.15, 0.2) is 12.3 Å². The van der Waals surface area contributed by atoms with Crippen molar-refractivity contribution in [2.24, 2.45) is 5.92 Å². The molecule has 2 rings (SSSR count). The Balaban J connectivity index is 2.15. The third kappa shape index (κ3) is 2.14. The van der Waals surface area contributed by atoms with Crippen LogP contribution in [0.5, 0.6) is 0 Å². The Morgan fingerprint density at radius 2 is 2.40 bits per heavy atom. The minimum atomic E-state index is -0.366. The maximum atomic E-state index is 11.4. The fourth-order valence-electron chi connectivity index (χ4n) is 1.55. The molecule has 2 atom stereocenters. The zero-order valence-electron chi connectivity index (χ0n) is 8.93. The van der Waals surface area contributed by atoms with Crippen molar-refractivity contribution in [3.8, 4) is 0 Å². The molecule has 1 heterocycles. The van der Waals surface area contributed by atoms with E-state index in [2.05, 4.69) is 16.9 Å². The molecule has 0 saturated heterocycles. The van der Waals surface area contributed by atoms with Gasteiger partial charge in [0, 0.05) is 12.1 Å². The molecule has 1 aromatic heterocycles. The molecule has 4 heteroatoms. The van der Waals surface area contributed by atoms with E-state index in [4.69, 9.17) is 4.74 Å². The molecule has 0 amide bonds.